The van der Waals surface area contributed by atoms with Crippen LogP contribution in [0.25, 0.3) is 0 Å². The molecule has 0 bridgehead atoms. The van der Waals surface area contributed by atoms with Crippen LogP contribution in [0, 0.1) is 18.3 Å². The smallest absolute Gasteiger partial charge is 0.261 e. The van der Waals surface area contributed by atoms with Gasteiger partial charge in [-0.1, -0.05) is 17.7 Å². The number of halogens is 1. The maximum atomic E-state index is 12.3. The molecule has 0 atom stereocenters. The first kappa shape index (κ1) is 15.2. The first-order valence-electron chi connectivity index (χ1n) is 5.92. The second-order valence-corrected chi connectivity index (χ2v) is 6.52. The Labute approximate surface area is 128 Å². The minimum Gasteiger partial charge on any atom is -0.398 e. The lowest BCUT2D eigenvalue weighted by Gasteiger charge is -2.10. The van der Waals surface area contributed by atoms with Gasteiger partial charge in [-0.05, 0) is 42.8 Å². The van der Waals surface area contributed by atoms with Gasteiger partial charge in [-0.25, -0.2) is 8.42 Å². The van der Waals surface area contributed by atoms with Gasteiger partial charge in [-0.15, -0.1) is 0 Å². The number of nitriles is 1. The van der Waals surface area contributed by atoms with Gasteiger partial charge in [0, 0.05) is 5.69 Å². The Morgan fingerprint density at radius 3 is 2.52 bits per heavy atom. The summed E-state index contributed by atoms with van der Waals surface area (Å²) in [5.74, 6) is 0. The SMILES string of the molecule is Cc1ccc(S(=O)(=O)Nc2ccc(C#N)c(Cl)c2)cc1N. The number of hydrogen-bond acceptors (Lipinski definition) is 4. The standard InChI is InChI=1S/C14H12ClN3O2S/c1-9-2-5-12(7-14(9)17)21(19,20)18-11-4-3-10(8-16)13(15)6-11/h2-7,18H,17H2,1H3. The second kappa shape index (κ2) is 5.64. The van der Waals surface area contributed by atoms with Crippen LogP contribution < -0.4 is 10.5 Å². The van der Waals surface area contributed by atoms with Crippen molar-refractivity contribution in [3.8, 4) is 6.07 Å². The van der Waals surface area contributed by atoms with E-state index in [4.69, 9.17) is 22.6 Å². The van der Waals surface area contributed by atoms with E-state index < -0.39 is 10.0 Å². The number of nitrogens with two attached hydrogens (primary N) is 1. The van der Waals surface area contributed by atoms with Crippen LogP contribution in [0.4, 0.5) is 11.4 Å². The molecule has 0 aliphatic rings. The highest BCUT2D eigenvalue weighted by Crippen LogP contribution is 2.24. The highest BCUT2D eigenvalue weighted by molar-refractivity contribution is 7.92. The molecule has 5 nitrogen and oxygen atoms in total. The largest absolute Gasteiger partial charge is 0.398 e. The molecule has 0 aliphatic carbocycles. The molecule has 0 spiro atoms. The van der Waals surface area contributed by atoms with Gasteiger partial charge in [0.25, 0.3) is 10.0 Å². The highest BCUT2D eigenvalue weighted by atomic mass is 35.5. The van der Waals surface area contributed by atoms with Gasteiger partial charge in [0.1, 0.15) is 6.07 Å². The van der Waals surface area contributed by atoms with Crippen molar-refractivity contribution >= 4 is 33.0 Å². The normalized spacial score (nSPS) is 10.9. The Hall–Kier alpha value is -2.23. The van der Waals surface area contributed by atoms with Gasteiger partial charge in [-0.2, -0.15) is 5.26 Å². The zero-order valence-corrected chi connectivity index (χ0v) is 12.7. The van der Waals surface area contributed by atoms with Crippen molar-refractivity contribution in [1.29, 1.82) is 5.26 Å². The fraction of sp³-hybridized carbons (Fsp3) is 0.0714. The Morgan fingerprint density at radius 1 is 1.24 bits per heavy atom. The lowest BCUT2D eigenvalue weighted by Crippen LogP contribution is -2.13. The summed E-state index contributed by atoms with van der Waals surface area (Å²) in [6.45, 7) is 1.79. The predicted octanol–water partition coefficient (Wildman–Crippen LogP) is 2.90. The number of hydrogen-bond donors (Lipinski definition) is 2. The number of nitrogens with zero attached hydrogens (tertiary/aromatic N) is 1. The van der Waals surface area contributed by atoms with E-state index in [2.05, 4.69) is 4.72 Å². The van der Waals surface area contributed by atoms with Gasteiger partial charge in [0.2, 0.25) is 0 Å². The van der Waals surface area contributed by atoms with Gasteiger partial charge in [0.15, 0.2) is 0 Å². The van der Waals surface area contributed by atoms with Gasteiger partial charge in [0.05, 0.1) is 21.2 Å². The van der Waals surface area contributed by atoms with Crippen molar-refractivity contribution in [1.82, 2.24) is 0 Å². The number of nitrogens with one attached hydrogen (secondary N) is 1. The summed E-state index contributed by atoms with van der Waals surface area (Å²) >= 11 is 5.87. The Bertz CT molecular complexity index is 842. The topological polar surface area (TPSA) is 96.0 Å². The molecule has 0 unspecified atom stereocenters. The summed E-state index contributed by atoms with van der Waals surface area (Å²) in [5, 5.41) is 8.97. The summed E-state index contributed by atoms with van der Waals surface area (Å²) < 4.78 is 26.9. The summed E-state index contributed by atoms with van der Waals surface area (Å²) in [4.78, 5) is 0.0612. The van der Waals surface area contributed by atoms with Crippen molar-refractivity contribution < 1.29 is 8.42 Å². The van der Waals surface area contributed by atoms with E-state index >= 15 is 0 Å². The molecule has 7 heteroatoms. The number of anilines is 2. The molecule has 0 aliphatic heterocycles. The molecule has 0 saturated heterocycles. The molecular weight excluding hydrogens is 310 g/mol. The molecule has 3 N–H and O–H groups in total. The Kier molecular flexibility index (Phi) is 4.07. The summed E-state index contributed by atoms with van der Waals surface area (Å²) in [6, 6.07) is 10.7. The average Bonchev–Trinajstić information content (AvgIpc) is 2.41. The lowest BCUT2D eigenvalue weighted by molar-refractivity contribution is 0.601. The maximum Gasteiger partial charge on any atom is 0.261 e. The molecule has 0 fully saturated rings. The van der Waals surface area contributed by atoms with Crippen LogP contribution in [0.15, 0.2) is 41.3 Å². The molecule has 0 heterocycles. The van der Waals surface area contributed by atoms with E-state index in [-0.39, 0.29) is 21.2 Å². The third-order valence-corrected chi connectivity index (χ3v) is 4.59. The predicted molar refractivity (Wildman–Crippen MR) is 82.6 cm³/mol. The zero-order valence-electron chi connectivity index (χ0n) is 11.1. The second-order valence-electron chi connectivity index (χ2n) is 4.43. The van der Waals surface area contributed by atoms with Crippen LogP contribution in [-0.4, -0.2) is 8.42 Å². The molecule has 21 heavy (non-hydrogen) atoms. The fourth-order valence-corrected chi connectivity index (χ4v) is 2.98. The molecule has 2 aromatic rings. The molecule has 0 saturated carbocycles. The van der Waals surface area contributed by atoms with Crippen LogP contribution in [-0.2, 0) is 10.0 Å². The first-order chi connectivity index (χ1) is 9.83. The maximum absolute atomic E-state index is 12.3. The molecule has 0 amide bonds. The van der Waals surface area contributed by atoms with Crippen molar-refractivity contribution in [3.05, 3.63) is 52.5 Å². The monoisotopic (exact) mass is 321 g/mol. The molecular formula is C14H12ClN3O2S. The summed E-state index contributed by atoms with van der Waals surface area (Å²) in [5.41, 5.74) is 7.48. The van der Waals surface area contributed by atoms with Crippen molar-refractivity contribution in [3.63, 3.8) is 0 Å². The van der Waals surface area contributed by atoms with Crippen LogP contribution in [0.3, 0.4) is 0 Å². The third-order valence-electron chi connectivity index (χ3n) is 2.90. The Balaban J connectivity index is 2.35. The molecule has 108 valence electrons. The molecule has 0 radical (unpaired) electrons. The average molecular weight is 322 g/mol. The number of nitrogen functional groups attached to an aromatic ring is 1. The first-order valence-corrected chi connectivity index (χ1v) is 7.78. The summed E-state index contributed by atoms with van der Waals surface area (Å²) in [7, 11) is -3.76. The van der Waals surface area contributed by atoms with E-state index in [1.807, 2.05) is 6.07 Å². The van der Waals surface area contributed by atoms with E-state index in [1.54, 1.807) is 13.0 Å². The van der Waals surface area contributed by atoms with E-state index in [0.717, 1.165) is 5.56 Å². The number of benzene rings is 2. The molecule has 2 rings (SSSR count). The highest BCUT2D eigenvalue weighted by Gasteiger charge is 2.15. The third kappa shape index (κ3) is 3.27. The zero-order chi connectivity index (χ0) is 15.6. The van der Waals surface area contributed by atoms with Gasteiger partial charge in [-0.3, -0.25) is 4.72 Å². The van der Waals surface area contributed by atoms with Gasteiger partial charge < -0.3 is 5.73 Å². The van der Waals surface area contributed by atoms with Crippen LogP contribution in [0.1, 0.15) is 11.1 Å². The van der Waals surface area contributed by atoms with E-state index in [9.17, 15) is 8.42 Å². The van der Waals surface area contributed by atoms with E-state index in [0.29, 0.717) is 5.69 Å². The summed E-state index contributed by atoms with van der Waals surface area (Å²) in [6.07, 6.45) is 0. The van der Waals surface area contributed by atoms with Crippen molar-refractivity contribution in [2.24, 2.45) is 0 Å². The van der Waals surface area contributed by atoms with Crippen molar-refractivity contribution in [2.75, 3.05) is 10.5 Å². The van der Waals surface area contributed by atoms with Crippen molar-refractivity contribution in [2.45, 2.75) is 11.8 Å². The van der Waals surface area contributed by atoms with Gasteiger partial charge >= 0.3 is 0 Å². The Morgan fingerprint density at radius 2 is 1.95 bits per heavy atom. The van der Waals surface area contributed by atoms with E-state index in [1.165, 1.54) is 30.3 Å². The molecule has 0 aromatic heterocycles. The van der Waals surface area contributed by atoms with Crippen LogP contribution in [0.5, 0.6) is 0 Å². The minimum atomic E-state index is -3.76. The number of aryl methyl sites for hydroxylation is 1. The minimum absolute atomic E-state index is 0.0612. The quantitative estimate of drug-likeness (QED) is 0.849. The van der Waals surface area contributed by atoms with Crippen LogP contribution in [0.2, 0.25) is 5.02 Å². The number of sulfonamides is 1. The fourth-order valence-electron chi connectivity index (χ4n) is 1.67. The molecule has 2 aromatic carbocycles. The lowest BCUT2D eigenvalue weighted by atomic mass is 10.2. The van der Waals surface area contributed by atoms with Crippen LogP contribution >= 0.6 is 11.6 Å². The number of rotatable bonds is 3.